The van der Waals surface area contributed by atoms with Crippen molar-refractivity contribution in [2.45, 2.75) is 26.8 Å². The minimum Gasteiger partial charge on any atom is -0.337 e. The summed E-state index contributed by atoms with van der Waals surface area (Å²) in [6, 6.07) is 8.67. The molecule has 3 aromatic rings. The summed E-state index contributed by atoms with van der Waals surface area (Å²) < 4.78 is 5.18. The molecule has 0 radical (unpaired) electrons. The Morgan fingerprint density at radius 3 is 2.52 bits per heavy atom. The Balaban J connectivity index is 1.65. The number of nitrogens with zero attached hydrogens (tertiary/aromatic N) is 3. The van der Waals surface area contributed by atoms with Crippen molar-refractivity contribution in [3.63, 3.8) is 0 Å². The van der Waals surface area contributed by atoms with Gasteiger partial charge < -0.3 is 15.2 Å². The van der Waals surface area contributed by atoms with E-state index in [1.54, 1.807) is 13.1 Å². The van der Waals surface area contributed by atoms with Gasteiger partial charge in [0.1, 0.15) is 6.04 Å². The minimum atomic E-state index is -0.356. The first kappa shape index (κ1) is 16.7. The number of anilines is 1. The van der Waals surface area contributed by atoms with Gasteiger partial charge in [0.2, 0.25) is 5.89 Å². The van der Waals surface area contributed by atoms with Crippen LogP contribution in [-0.4, -0.2) is 26.4 Å². The predicted octanol–water partition coefficient (Wildman–Crippen LogP) is 3.29. The van der Waals surface area contributed by atoms with Crippen LogP contribution in [0.15, 0.2) is 41.1 Å². The summed E-state index contributed by atoms with van der Waals surface area (Å²) in [5.74, 6) is 1.04. The van der Waals surface area contributed by atoms with Crippen LogP contribution in [0.25, 0.3) is 11.3 Å². The molecule has 0 bridgehead atoms. The number of H-pyrrole nitrogens is 1. The Hall–Kier alpha value is -3.16. The molecule has 1 aromatic carbocycles. The van der Waals surface area contributed by atoms with Crippen molar-refractivity contribution >= 4 is 11.7 Å². The quantitative estimate of drug-likeness (QED) is 0.660. The van der Waals surface area contributed by atoms with Gasteiger partial charge in [-0.1, -0.05) is 31.1 Å². The van der Waals surface area contributed by atoms with Crippen molar-refractivity contribution in [2.24, 2.45) is 5.92 Å². The van der Waals surface area contributed by atoms with E-state index < -0.39 is 0 Å². The third-order valence-corrected chi connectivity index (χ3v) is 3.72. The fourth-order valence-electron chi connectivity index (χ4n) is 2.41. The van der Waals surface area contributed by atoms with Crippen molar-refractivity contribution in [2.75, 3.05) is 5.32 Å². The van der Waals surface area contributed by atoms with Crippen LogP contribution in [0.4, 0.5) is 10.5 Å². The van der Waals surface area contributed by atoms with Crippen molar-refractivity contribution in [1.82, 2.24) is 25.7 Å². The van der Waals surface area contributed by atoms with Gasteiger partial charge in [-0.05, 0) is 36.6 Å². The first-order chi connectivity index (χ1) is 12.0. The highest BCUT2D eigenvalue weighted by molar-refractivity contribution is 5.89. The molecule has 0 aliphatic carbocycles. The number of hydrogen-bond acceptors (Lipinski definition) is 5. The first-order valence-electron chi connectivity index (χ1n) is 8.00. The van der Waals surface area contributed by atoms with Gasteiger partial charge in [0, 0.05) is 11.9 Å². The van der Waals surface area contributed by atoms with Gasteiger partial charge in [0.25, 0.3) is 0 Å². The summed E-state index contributed by atoms with van der Waals surface area (Å²) in [7, 11) is 0. The van der Waals surface area contributed by atoms with E-state index in [1.165, 1.54) is 0 Å². The van der Waals surface area contributed by atoms with Crippen LogP contribution >= 0.6 is 0 Å². The molecule has 3 rings (SSSR count). The molecule has 0 saturated heterocycles. The Kier molecular flexibility index (Phi) is 4.78. The molecule has 8 heteroatoms. The third kappa shape index (κ3) is 4.03. The van der Waals surface area contributed by atoms with E-state index >= 15 is 0 Å². The van der Waals surface area contributed by atoms with Crippen LogP contribution in [0, 0.1) is 12.8 Å². The number of urea groups is 1. The molecule has 130 valence electrons. The van der Waals surface area contributed by atoms with E-state index in [9.17, 15) is 4.79 Å². The second kappa shape index (κ2) is 7.16. The van der Waals surface area contributed by atoms with E-state index in [-0.39, 0.29) is 18.0 Å². The number of nitrogens with one attached hydrogen (secondary N) is 3. The van der Waals surface area contributed by atoms with Crippen LogP contribution in [-0.2, 0) is 0 Å². The standard InChI is InChI=1S/C17H20N6O2/c1-10(2)15(16-19-11(3)23-25-16)21-17(24)20-13-6-4-12(5-7-13)14-8-9-18-22-14/h4-10,15H,1-3H3,(H,18,22)(H2,20,21,24). The van der Waals surface area contributed by atoms with Crippen LogP contribution in [0.5, 0.6) is 0 Å². The summed E-state index contributed by atoms with van der Waals surface area (Å²) in [5.41, 5.74) is 2.59. The van der Waals surface area contributed by atoms with Crippen LogP contribution in [0.2, 0.25) is 0 Å². The maximum Gasteiger partial charge on any atom is 0.319 e. The molecule has 8 nitrogen and oxygen atoms in total. The van der Waals surface area contributed by atoms with Gasteiger partial charge in [0.05, 0.1) is 5.69 Å². The Bertz CT molecular complexity index is 823. The number of carbonyl (C=O) groups excluding carboxylic acids is 1. The lowest BCUT2D eigenvalue weighted by Crippen LogP contribution is -2.35. The van der Waals surface area contributed by atoms with Crippen molar-refractivity contribution < 1.29 is 9.32 Å². The summed E-state index contributed by atoms with van der Waals surface area (Å²) in [6.07, 6.45) is 1.69. The largest absolute Gasteiger partial charge is 0.337 e. The normalized spacial score (nSPS) is 12.2. The number of benzene rings is 1. The summed E-state index contributed by atoms with van der Waals surface area (Å²) in [6.45, 7) is 5.69. The number of rotatable bonds is 5. The number of aromatic nitrogens is 4. The fraction of sp³-hybridized carbons (Fsp3) is 0.294. The monoisotopic (exact) mass is 340 g/mol. The smallest absolute Gasteiger partial charge is 0.319 e. The molecule has 2 amide bonds. The third-order valence-electron chi connectivity index (χ3n) is 3.72. The summed E-state index contributed by atoms with van der Waals surface area (Å²) in [5, 5.41) is 16.3. The number of amides is 2. The van der Waals surface area contributed by atoms with E-state index in [2.05, 4.69) is 31.0 Å². The van der Waals surface area contributed by atoms with E-state index in [1.807, 2.05) is 44.2 Å². The minimum absolute atomic E-state index is 0.105. The maximum atomic E-state index is 12.3. The molecular weight excluding hydrogens is 320 g/mol. The highest BCUT2D eigenvalue weighted by Gasteiger charge is 2.24. The van der Waals surface area contributed by atoms with Gasteiger partial charge in [-0.25, -0.2) is 4.79 Å². The van der Waals surface area contributed by atoms with Gasteiger partial charge in [-0.3, -0.25) is 5.10 Å². The molecule has 0 spiro atoms. The number of aromatic amines is 1. The van der Waals surface area contributed by atoms with Gasteiger partial charge in [-0.15, -0.1) is 0 Å². The van der Waals surface area contributed by atoms with Gasteiger partial charge in [-0.2, -0.15) is 10.1 Å². The van der Waals surface area contributed by atoms with Crippen LogP contribution in [0.1, 0.15) is 31.6 Å². The van der Waals surface area contributed by atoms with Gasteiger partial charge in [0.15, 0.2) is 5.82 Å². The number of hydrogen-bond donors (Lipinski definition) is 3. The molecular formula is C17H20N6O2. The lowest BCUT2D eigenvalue weighted by atomic mass is 10.0. The van der Waals surface area contributed by atoms with E-state index in [0.717, 1.165) is 11.3 Å². The zero-order valence-electron chi connectivity index (χ0n) is 14.3. The molecule has 0 fully saturated rings. The highest BCUT2D eigenvalue weighted by Crippen LogP contribution is 2.21. The molecule has 1 unspecified atom stereocenters. The number of carbonyl (C=O) groups is 1. The topological polar surface area (TPSA) is 109 Å². The van der Waals surface area contributed by atoms with E-state index in [0.29, 0.717) is 17.4 Å². The molecule has 1 atom stereocenters. The molecule has 0 saturated carbocycles. The second-order valence-corrected chi connectivity index (χ2v) is 6.05. The van der Waals surface area contributed by atoms with Crippen molar-refractivity contribution in [3.8, 4) is 11.3 Å². The number of aryl methyl sites for hydroxylation is 1. The molecule has 25 heavy (non-hydrogen) atoms. The highest BCUT2D eigenvalue weighted by atomic mass is 16.5. The Labute approximate surface area is 145 Å². The lowest BCUT2D eigenvalue weighted by Gasteiger charge is -2.19. The van der Waals surface area contributed by atoms with Crippen LogP contribution < -0.4 is 10.6 Å². The molecule has 2 aromatic heterocycles. The summed E-state index contributed by atoms with van der Waals surface area (Å²) in [4.78, 5) is 16.5. The first-order valence-corrected chi connectivity index (χ1v) is 8.00. The zero-order valence-corrected chi connectivity index (χ0v) is 14.3. The zero-order chi connectivity index (χ0) is 17.8. The van der Waals surface area contributed by atoms with Crippen molar-refractivity contribution in [3.05, 3.63) is 48.2 Å². The van der Waals surface area contributed by atoms with Crippen LogP contribution in [0.3, 0.4) is 0 Å². The average Bonchev–Trinajstić information content (AvgIpc) is 3.25. The average molecular weight is 340 g/mol. The SMILES string of the molecule is Cc1noc(C(NC(=O)Nc2ccc(-c3ccn[nH]3)cc2)C(C)C)n1. The van der Waals surface area contributed by atoms with Crippen molar-refractivity contribution in [1.29, 1.82) is 0 Å². The fourth-order valence-corrected chi connectivity index (χ4v) is 2.41. The molecule has 2 heterocycles. The lowest BCUT2D eigenvalue weighted by molar-refractivity contribution is 0.235. The maximum absolute atomic E-state index is 12.3. The van der Waals surface area contributed by atoms with Gasteiger partial charge >= 0.3 is 6.03 Å². The molecule has 3 N–H and O–H groups in total. The summed E-state index contributed by atoms with van der Waals surface area (Å²) >= 11 is 0. The molecule has 0 aliphatic rings. The Morgan fingerprint density at radius 1 is 1.20 bits per heavy atom. The predicted molar refractivity (Wildman–Crippen MR) is 92.8 cm³/mol. The molecule has 0 aliphatic heterocycles. The van der Waals surface area contributed by atoms with E-state index in [4.69, 9.17) is 4.52 Å². The Morgan fingerprint density at radius 2 is 1.96 bits per heavy atom. The second-order valence-electron chi connectivity index (χ2n) is 6.05.